The van der Waals surface area contributed by atoms with Crippen LogP contribution in [0.3, 0.4) is 0 Å². The van der Waals surface area contributed by atoms with Crippen molar-refractivity contribution < 1.29 is 14.6 Å². The molecule has 0 saturated heterocycles. The molecule has 0 radical (unpaired) electrons. The van der Waals surface area contributed by atoms with Gasteiger partial charge < -0.3 is 5.73 Å². The number of carbonyl (C=O) groups excluding carboxylic acids is 1. The minimum absolute atomic E-state index is 0.00437. The van der Waals surface area contributed by atoms with Crippen molar-refractivity contribution in [1.82, 2.24) is 15.4 Å². The number of nitrogen functional groups attached to an aromatic ring is 1. The van der Waals surface area contributed by atoms with Crippen molar-refractivity contribution in [3.63, 3.8) is 0 Å². The third kappa shape index (κ3) is 4.37. The van der Waals surface area contributed by atoms with Gasteiger partial charge in [0.2, 0.25) is 0 Å². The fourth-order valence-electron chi connectivity index (χ4n) is 1.67. The number of benzene rings is 1. The maximum Gasteiger partial charge on any atom is 0.277 e. The number of amides is 1. The number of nitrogens with zero attached hydrogens (tertiary/aromatic N) is 5. The van der Waals surface area contributed by atoms with E-state index in [1.807, 2.05) is 5.43 Å². The number of nitrogens with two attached hydrogens (primary N) is 1. The Hall–Kier alpha value is -3.38. The topological polar surface area (TPSA) is 180 Å². The van der Waals surface area contributed by atoms with Crippen molar-refractivity contribution in [1.29, 1.82) is 0 Å². The van der Waals surface area contributed by atoms with Crippen LogP contribution in [0.25, 0.3) is 0 Å². The Morgan fingerprint density at radius 2 is 1.65 bits per heavy atom. The number of nitro benzene ring substituents is 2. The van der Waals surface area contributed by atoms with Gasteiger partial charge in [0.1, 0.15) is 5.69 Å². The van der Waals surface area contributed by atoms with Gasteiger partial charge in [-0.2, -0.15) is 5.10 Å². The maximum absolute atomic E-state index is 12.0. The number of anilines is 1. The summed E-state index contributed by atoms with van der Waals surface area (Å²) in [6.45, 7) is 0. The largest absolute Gasteiger partial charge is 0.382 e. The van der Waals surface area contributed by atoms with Crippen molar-refractivity contribution in [2.24, 2.45) is 5.10 Å². The Balaban J connectivity index is 2.24. The van der Waals surface area contributed by atoms with Crippen LogP contribution >= 0.6 is 23.2 Å². The molecule has 2 aromatic rings. The first kappa shape index (κ1) is 19.0. The van der Waals surface area contributed by atoms with E-state index in [0.29, 0.717) is 0 Å². The molecule has 1 amide bonds. The van der Waals surface area contributed by atoms with Gasteiger partial charge in [0.05, 0.1) is 27.7 Å². The van der Waals surface area contributed by atoms with Crippen LogP contribution in [0.5, 0.6) is 0 Å². The van der Waals surface area contributed by atoms with Crippen molar-refractivity contribution in [2.45, 2.75) is 0 Å². The van der Waals surface area contributed by atoms with Crippen LogP contribution in [-0.2, 0) is 0 Å². The number of hydrazone groups is 1. The molecular weight excluding hydrogens is 393 g/mol. The molecule has 1 heterocycles. The van der Waals surface area contributed by atoms with Gasteiger partial charge in [-0.05, 0) is 0 Å². The third-order valence-corrected chi connectivity index (χ3v) is 3.43. The summed E-state index contributed by atoms with van der Waals surface area (Å²) >= 11 is 11.3. The smallest absolute Gasteiger partial charge is 0.277 e. The molecule has 12 nitrogen and oxygen atoms in total. The molecular formula is C12H7Cl2N7O5. The number of hydrogen-bond acceptors (Lipinski definition) is 9. The van der Waals surface area contributed by atoms with E-state index < -0.39 is 27.1 Å². The molecule has 0 aliphatic heterocycles. The average molecular weight is 400 g/mol. The molecule has 0 aliphatic carbocycles. The van der Waals surface area contributed by atoms with Gasteiger partial charge in [-0.1, -0.05) is 23.2 Å². The highest BCUT2D eigenvalue weighted by Gasteiger charge is 2.19. The number of aromatic nitrogens is 2. The Morgan fingerprint density at radius 3 is 2.19 bits per heavy atom. The number of carbonyl (C=O) groups is 1. The van der Waals surface area contributed by atoms with Crippen LogP contribution in [-0.4, -0.2) is 31.9 Å². The summed E-state index contributed by atoms with van der Waals surface area (Å²) < 4.78 is 0. The van der Waals surface area contributed by atoms with Gasteiger partial charge in [0.15, 0.2) is 16.1 Å². The lowest BCUT2D eigenvalue weighted by Gasteiger charge is -2.02. The van der Waals surface area contributed by atoms with E-state index in [2.05, 4.69) is 15.1 Å². The van der Waals surface area contributed by atoms with Crippen molar-refractivity contribution in [3.05, 3.63) is 60.0 Å². The zero-order chi connectivity index (χ0) is 19.4. The number of non-ortho nitro benzene ring substituents is 2. The number of hydrogen-bond donors (Lipinski definition) is 2. The molecule has 14 heteroatoms. The Morgan fingerprint density at radius 1 is 1.12 bits per heavy atom. The lowest BCUT2D eigenvalue weighted by Crippen LogP contribution is -2.18. The normalized spacial score (nSPS) is 10.7. The summed E-state index contributed by atoms with van der Waals surface area (Å²) in [6.07, 6.45) is 1.01. The van der Waals surface area contributed by atoms with Crippen LogP contribution < -0.4 is 11.2 Å². The zero-order valence-corrected chi connectivity index (χ0v) is 13.9. The van der Waals surface area contributed by atoms with E-state index in [1.165, 1.54) is 0 Å². The van der Waals surface area contributed by atoms with E-state index in [1.54, 1.807) is 0 Å². The zero-order valence-electron chi connectivity index (χ0n) is 12.4. The summed E-state index contributed by atoms with van der Waals surface area (Å²) in [6, 6.07) is 2.46. The molecule has 26 heavy (non-hydrogen) atoms. The third-order valence-electron chi connectivity index (χ3n) is 2.81. The predicted molar refractivity (Wildman–Crippen MR) is 91.3 cm³/mol. The van der Waals surface area contributed by atoms with E-state index in [9.17, 15) is 25.0 Å². The lowest BCUT2D eigenvalue weighted by molar-refractivity contribution is -0.394. The minimum atomic E-state index is -0.931. The number of nitrogens with one attached hydrogen (secondary N) is 1. The van der Waals surface area contributed by atoms with Gasteiger partial charge in [0, 0.05) is 12.1 Å². The molecule has 134 valence electrons. The summed E-state index contributed by atoms with van der Waals surface area (Å²) in [5.74, 6) is -1.04. The fourth-order valence-corrected chi connectivity index (χ4v) is 1.93. The number of nitro groups is 2. The molecule has 0 atom stereocenters. The van der Waals surface area contributed by atoms with Gasteiger partial charge >= 0.3 is 0 Å². The molecule has 0 saturated carbocycles. The summed E-state index contributed by atoms with van der Waals surface area (Å²) in [7, 11) is 0. The Bertz CT molecular complexity index is 918. The number of halogens is 2. The average Bonchev–Trinajstić information content (AvgIpc) is 2.58. The Labute approximate surface area is 153 Å². The van der Waals surface area contributed by atoms with E-state index in [4.69, 9.17) is 28.9 Å². The molecule has 2 rings (SSSR count). The Kier molecular flexibility index (Phi) is 5.59. The second-order valence-electron chi connectivity index (χ2n) is 4.53. The molecule has 0 aliphatic rings. The highest BCUT2D eigenvalue weighted by molar-refractivity contribution is 6.40. The summed E-state index contributed by atoms with van der Waals surface area (Å²) in [4.78, 5) is 39.4. The number of rotatable bonds is 5. The highest BCUT2D eigenvalue weighted by Crippen LogP contribution is 2.22. The maximum atomic E-state index is 12.0. The predicted octanol–water partition coefficient (Wildman–Crippen LogP) is 1.95. The standard InChI is InChI=1S/C12H7Cl2N7O5/c13-9-10(14)18-11(15)8(17-9)4-16-19-12(22)5-1-6(20(23)24)3-7(2-5)21(25)26/h1-4H,(H2,15,18)(H,19,22). The minimum Gasteiger partial charge on any atom is -0.382 e. The van der Waals surface area contributed by atoms with Gasteiger partial charge in [-0.15, -0.1) is 0 Å². The van der Waals surface area contributed by atoms with E-state index in [-0.39, 0.29) is 27.4 Å². The van der Waals surface area contributed by atoms with Crippen LogP contribution in [0.2, 0.25) is 10.3 Å². The first-order valence-electron chi connectivity index (χ1n) is 6.45. The van der Waals surface area contributed by atoms with Crippen molar-refractivity contribution >= 4 is 52.5 Å². The second-order valence-corrected chi connectivity index (χ2v) is 5.24. The quantitative estimate of drug-likeness (QED) is 0.434. The molecule has 3 N–H and O–H groups in total. The van der Waals surface area contributed by atoms with Crippen molar-refractivity contribution in [2.75, 3.05) is 5.73 Å². The van der Waals surface area contributed by atoms with Crippen LogP contribution in [0.4, 0.5) is 17.2 Å². The van der Waals surface area contributed by atoms with E-state index in [0.717, 1.165) is 24.4 Å². The first-order chi connectivity index (χ1) is 12.2. The molecule has 0 fully saturated rings. The van der Waals surface area contributed by atoms with Gasteiger partial charge in [0.25, 0.3) is 17.3 Å². The molecule has 1 aromatic carbocycles. The monoisotopic (exact) mass is 399 g/mol. The molecule has 0 spiro atoms. The molecule has 0 bridgehead atoms. The SMILES string of the molecule is Nc1nc(Cl)c(Cl)nc1C=NNC(=O)c1cc([N+](=O)[O-])cc([N+](=O)[O-])c1. The van der Waals surface area contributed by atoms with Crippen LogP contribution in [0, 0.1) is 20.2 Å². The lowest BCUT2D eigenvalue weighted by atomic mass is 10.1. The fraction of sp³-hybridized carbons (Fsp3) is 0. The molecule has 0 unspecified atom stereocenters. The highest BCUT2D eigenvalue weighted by atomic mass is 35.5. The van der Waals surface area contributed by atoms with Crippen LogP contribution in [0.1, 0.15) is 16.1 Å². The van der Waals surface area contributed by atoms with Gasteiger partial charge in [-0.3, -0.25) is 25.0 Å². The van der Waals surface area contributed by atoms with Crippen LogP contribution in [0.15, 0.2) is 23.3 Å². The van der Waals surface area contributed by atoms with Gasteiger partial charge in [-0.25, -0.2) is 15.4 Å². The van der Waals surface area contributed by atoms with E-state index >= 15 is 0 Å². The van der Waals surface area contributed by atoms with Crippen molar-refractivity contribution in [3.8, 4) is 0 Å². The summed E-state index contributed by atoms with van der Waals surface area (Å²) in [5.41, 5.74) is 6.01. The summed E-state index contributed by atoms with van der Waals surface area (Å²) in [5, 5.41) is 24.9. The second kappa shape index (κ2) is 7.67. The molecule has 1 aromatic heterocycles. The first-order valence-corrected chi connectivity index (χ1v) is 7.20.